The number of pyridine rings is 1. The van der Waals surface area contributed by atoms with Gasteiger partial charge in [0, 0.05) is 17.3 Å². The van der Waals surface area contributed by atoms with Gasteiger partial charge in [0.05, 0.1) is 5.56 Å². The first-order valence-corrected chi connectivity index (χ1v) is 13.7. The molecular weight excluding hydrogens is 510 g/mol. The average Bonchev–Trinajstić information content (AvgIpc) is 2.94. The number of rotatable bonds is 6. The maximum Gasteiger partial charge on any atom is 0.337 e. The van der Waals surface area contributed by atoms with Crippen LogP contribution in [0.3, 0.4) is 0 Å². The van der Waals surface area contributed by atoms with Crippen molar-refractivity contribution >= 4 is 5.97 Å². The Morgan fingerprint density at radius 3 is 2.15 bits per heavy atom. The van der Waals surface area contributed by atoms with Gasteiger partial charge in [-0.05, 0) is 63.3 Å². The molecule has 5 nitrogen and oxygen atoms in total. The molecule has 0 bridgehead atoms. The molecule has 4 aromatic rings. The molecule has 0 fully saturated rings. The number of benzene rings is 3. The molecule has 1 aromatic heterocycles. The Hall–Kier alpha value is -4.40. The van der Waals surface area contributed by atoms with Crippen LogP contribution in [-0.2, 0) is 17.4 Å². The molecule has 1 heterocycles. The second-order valence-corrected chi connectivity index (χ2v) is 12.2. The Labute approximate surface area is 242 Å². The number of ether oxygens (including phenoxy) is 1. The first kappa shape index (κ1) is 29.6. The number of aliphatic hydroxyl groups excluding tert-OH is 1. The van der Waals surface area contributed by atoms with Crippen molar-refractivity contribution in [3.05, 3.63) is 119 Å². The molecule has 0 radical (unpaired) electrons. The molecule has 1 unspecified atom stereocenters. The van der Waals surface area contributed by atoms with Crippen LogP contribution in [0.5, 0.6) is 5.75 Å². The van der Waals surface area contributed by atoms with Gasteiger partial charge in [0.1, 0.15) is 24.2 Å². The molecule has 0 spiro atoms. The highest BCUT2D eigenvalue weighted by molar-refractivity contribution is 5.87. The SMILES string of the molecule is CC(C)(C)c1ccc(-c2cc(C(O)C#Cc3ccc(C(=O)O)cn3)cc(C(C)(C)C)c2OCc2ccccc2)cc1. The van der Waals surface area contributed by atoms with Crippen LogP contribution in [0, 0.1) is 11.8 Å². The molecule has 41 heavy (non-hydrogen) atoms. The van der Waals surface area contributed by atoms with Crippen LogP contribution in [0.2, 0.25) is 0 Å². The zero-order valence-corrected chi connectivity index (χ0v) is 24.5. The number of aliphatic hydroxyl groups is 1. The lowest BCUT2D eigenvalue weighted by atomic mass is 9.81. The molecule has 0 aliphatic heterocycles. The Morgan fingerprint density at radius 1 is 0.902 bits per heavy atom. The molecule has 1 atom stereocenters. The molecule has 0 saturated carbocycles. The summed E-state index contributed by atoms with van der Waals surface area (Å²) in [6.07, 6.45) is 0.169. The van der Waals surface area contributed by atoms with Crippen molar-refractivity contribution in [3.8, 4) is 28.7 Å². The summed E-state index contributed by atoms with van der Waals surface area (Å²) in [4.78, 5) is 15.2. The zero-order chi connectivity index (χ0) is 29.8. The van der Waals surface area contributed by atoms with Crippen molar-refractivity contribution in [2.75, 3.05) is 0 Å². The second-order valence-electron chi connectivity index (χ2n) is 12.2. The van der Waals surface area contributed by atoms with E-state index < -0.39 is 12.1 Å². The van der Waals surface area contributed by atoms with E-state index in [0.717, 1.165) is 28.0 Å². The van der Waals surface area contributed by atoms with E-state index >= 15 is 0 Å². The summed E-state index contributed by atoms with van der Waals surface area (Å²) in [6.45, 7) is 13.4. The molecule has 0 saturated heterocycles. The topological polar surface area (TPSA) is 79.7 Å². The van der Waals surface area contributed by atoms with Gasteiger partial charge in [-0.2, -0.15) is 0 Å². The fraction of sp³-hybridized carbons (Fsp3) is 0.278. The minimum atomic E-state index is -1.09. The normalized spacial score (nSPS) is 12.3. The molecule has 3 aromatic carbocycles. The fourth-order valence-corrected chi connectivity index (χ4v) is 4.44. The van der Waals surface area contributed by atoms with Crippen LogP contribution in [-0.4, -0.2) is 21.2 Å². The van der Waals surface area contributed by atoms with Crippen LogP contribution in [0.15, 0.2) is 85.1 Å². The maximum absolute atomic E-state index is 11.2. The molecule has 2 N–H and O–H groups in total. The number of carboxylic acids is 1. The summed E-state index contributed by atoms with van der Waals surface area (Å²) < 4.78 is 6.55. The van der Waals surface area contributed by atoms with Gasteiger partial charge >= 0.3 is 5.97 Å². The summed E-state index contributed by atoms with van der Waals surface area (Å²) in [5.74, 6) is 5.48. The van der Waals surface area contributed by atoms with E-state index in [2.05, 4.69) is 82.6 Å². The van der Waals surface area contributed by atoms with Crippen molar-refractivity contribution in [1.82, 2.24) is 4.98 Å². The third-order valence-corrected chi connectivity index (χ3v) is 6.87. The van der Waals surface area contributed by atoms with Gasteiger partial charge < -0.3 is 14.9 Å². The zero-order valence-electron chi connectivity index (χ0n) is 24.5. The van der Waals surface area contributed by atoms with E-state index in [0.29, 0.717) is 17.9 Å². The lowest BCUT2D eigenvalue weighted by molar-refractivity contribution is 0.0696. The molecule has 210 valence electrons. The van der Waals surface area contributed by atoms with Crippen molar-refractivity contribution in [2.45, 2.75) is 65.1 Å². The van der Waals surface area contributed by atoms with Crippen molar-refractivity contribution in [1.29, 1.82) is 0 Å². The number of aromatic carboxylic acids is 1. The number of carboxylic acid groups (broad SMARTS) is 1. The first-order chi connectivity index (χ1) is 19.3. The predicted octanol–water partition coefficient (Wildman–Crippen LogP) is 7.71. The smallest absolute Gasteiger partial charge is 0.337 e. The number of carbonyl (C=O) groups is 1. The Kier molecular flexibility index (Phi) is 8.66. The van der Waals surface area contributed by atoms with Crippen molar-refractivity contribution in [3.63, 3.8) is 0 Å². The monoisotopic (exact) mass is 547 g/mol. The molecule has 4 rings (SSSR count). The summed E-state index contributed by atoms with van der Waals surface area (Å²) in [7, 11) is 0. The quantitative estimate of drug-likeness (QED) is 0.242. The standard InChI is InChI=1S/C36H37NO4/c1-35(2,3)28-15-12-25(13-16-28)30-20-27(32(38)19-18-29-17-14-26(22-37-29)34(39)40)21-31(36(4,5)6)33(30)41-23-24-10-8-7-9-11-24/h7-17,20-22,32,38H,23H2,1-6H3,(H,39,40). The van der Waals surface area contributed by atoms with Gasteiger partial charge in [-0.1, -0.05) is 102 Å². The van der Waals surface area contributed by atoms with Gasteiger partial charge in [-0.15, -0.1) is 0 Å². The second kappa shape index (κ2) is 12.0. The van der Waals surface area contributed by atoms with Crippen LogP contribution < -0.4 is 4.74 Å². The number of aromatic nitrogens is 1. The van der Waals surface area contributed by atoms with E-state index in [4.69, 9.17) is 9.84 Å². The highest BCUT2D eigenvalue weighted by Gasteiger charge is 2.25. The molecule has 0 amide bonds. The van der Waals surface area contributed by atoms with E-state index in [1.54, 1.807) is 0 Å². The van der Waals surface area contributed by atoms with Crippen molar-refractivity contribution in [2.24, 2.45) is 0 Å². The lowest BCUT2D eigenvalue weighted by Crippen LogP contribution is -2.16. The largest absolute Gasteiger partial charge is 0.488 e. The van der Waals surface area contributed by atoms with Crippen LogP contribution in [0.1, 0.15) is 86.0 Å². The maximum atomic E-state index is 11.2. The molecule has 5 heteroatoms. The first-order valence-electron chi connectivity index (χ1n) is 13.7. The van der Waals surface area contributed by atoms with Crippen molar-refractivity contribution < 1.29 is 19.7 Å². The van der Waals surface area contributed by atoms with Crippen LogP contribution >= 0.6 is 0 Å². The Balaban J connectivity index is 1.81. The highest BCUT2D eigenvalue weighted by Crippen LogP contribution is 2.42. The van der Waals surface area contributed by atoms with Gasteiger partial charge in [-0.25, -0.2) is 9.78 Å². The summed E-state index contributed by atoms with van der Waals surface area (Å²) in [5, 5.41) is 20.3. The van der Waals surface area contributed by atoms with Gasteiger partial charge in [0.2, 0.25) is 0 Å². The summed E-state index contributed by atoms with van der Waals surface area (Å²) in [5.41, 5.74) is 5.97. The van der Waals surface area contributed by atoms with Gasteiger partial charge in [-0.3, -0.25) is 0 Å². The van der Waals surface area contributed by atoms with E-state index in [1.807, 2.05) is 42.5 Å². The van der Waals surface area contributed by atoms with Crippen LogP contribution in [0.4, 0.5) is 0 Å². The minimum absolute atomic E-state index is 0.0199. The predicted molar refractivity (Wildman–Crippen MR) is 163 cm³/mol. The molecular formula is C36H37NO4. The summed E-state index contributed by atoms with van der Waals surface area (Å²) in [6, 6.07) is 25.4. The lowest BCUT2D eigenvalue weighted by Gasteiger charge is -2.27. The van der Waals surface area contributed by atoms with E-state index in [-0.39, 0.29) is 16.4 Å². The Bertz CT molecular complexity index is 1560. The van der Waals surface area contributed by atoms with Gasteiger partial charge in [0.25, 0.3) is 0 Å². The highest BCUT2D eigenvalue weighted by atomic mass is 16.5. The Morgan fingerprint density at radius 2 is 1.59 bits per heavy atom. The minimum Gasteiger partial charge on any atom is -0.488 e. The number of nitrogens with zero attached hydrogens (tertiary/aromatic N) is 1. The number of hydrogen-bond donors (Lipinski definition) is 2. The van der Waals surface area contributed by atoms with Gasteiger partial charge in [0.15, 0.2) is 0 Å². The van der Waals surface area contributed by atoms with E-state index in [9.17, 15) is 9.90 Å². The third-order valence-electron chi connectivity index (χ3n) is 6.87. The third kappa shape index (κ3) is 7.42. The number of hydrogen-bond acceptors (Lipinski definition) is 4. The fourth-order valence-electron chi connectivity index (χ4n) is 4.44. The molecule has 0 aliphatic carbocycles. The van der Waals surface area contributed by atoms with E-state index in [1.165, 1.54) is 23.9 Å². The molecule has 0 aliphatic rings. The summed E-state index contributed by atoms with van der Waals surface area (Å²) >= 11 is 0. The average molecular weight is 548 g/mol. The van der Waals surface area contributed by atoms with Crippen LogP contribution in [0.25, 0.3) is 11.1 Å².